The summed E-state index contributed by atoms with van der Waals surface area (Å²) in [5.41, 5.74) is 0.490. The predicted octanol–water partition coefficient (Wildman–Crippen LogP) is 2.27. The maximum atomic E-state index is 11.4. The smallest absolute Gasteiger partial charge is 0.356 e. The average Bonchev–Trinajstić information content (AvgIpc) is 3.01. The standard InChI is InChI=1S/C14H14N2O4S/c1-7-2-3-10(21-7)12-15-11(14(19)20)9-6-8(13(17)18)4-5-16(9)12/h2-3,8H,4-6H2,1H3,(H,17,18)(H,19,20). The molecule has 0 radical (unpaired) electrons. The summed E-state index contributed by atoms with van der Waals surface area (Å²) in [6.07, 6.45) is 0.712. The average molecular weight is 306 g/mol. The molecule has 2 aromatic rings. The van der Waals surface area contributed by atoms with E-state index in [0.29, 0.717) is 24.5 Å². The number of aromatic carboxylic acids is 1. The number of rotatable bonds is 3. The van der Waals surface area contributed by atoms with Crippen LogP contribution in [-0.4, -0.2) is 31.7 Å². The summed E-state index contributed by atoms with van der Waals surface area (Å²) in [6.45, 7) is 2.46. The van der Waals surface area contributed by atoms with Gasteiger partial charge < -0.3 is 14.8 Å². The summed E-state index contributed by atoms with van der Waals surface area (Å²) in [4.78, 5) is 28.8. The topological polar surface area (TPSA) is 92.4 Å². The van der Waals surface area contributed by atoms with Crippen LogP contribution in [0.3, 0.4) is 0 Å². The van der Waals surface area contributed by atoms with E-state index in [4.69, 9.17) is 5.11 Å². The number of hydrogen-bond acceptors (Lipinski definition) is 4. The van der Waals surface area contributed by atoms with E-state index in [9.17, 15) is 14.7 Å². The molecule has 3 heterocycles. The van der Waals surface area contributed by atoms with Crippen LogP contribution in [0.1, 0.15) is 27.5 Å². The number of aromatic nitrogens is 2. The molecule has 2 N–H and O–H groups in total. The SMILES string of the molecule is Cc1ccc(-c2nc(C(=O)O)c3n2CCC(C(=O)O)C3)s1. The minimum absolute atomic E-state index is 0.0259. The lowest BCUT2D eigenvalue weighted by molar-refractivity contribution is -0.142. The molecule has 0 saturated heterocycles. The molecule has 7 heteroatoms. The molecule has 0 amide bonds. The minimum Gasteiger partial charge on any atom is -0.481 e. The fraction of sp³-hybridized carbons (Fsp3) is 0.357. The molecule has 3 rings (SSSR count). The Morgan fingerprint density at radius 3 is 2.71 bits per heavy atom. The molecule has 21 heavy (non-hydrogen) atoms. The van der Waals surface area contributed by atoms with E-state index in [0.717, 1.165) is 9.75 Å². The van der Waals surface area contributed by atoms with Crippen molar-refractivity contribution >= 4 is 23.3 Å². The van der Waals surface area contributed by atoms with Crippen molar-refractivity contribution in [1.82, 2.24) is 9.55 Å². The van der Waals surface area contributed by atoms with Crippen molar-refractivity contribution in [2.75, 3.05) is 0 Å². The van der Waals surface area contributed by atoms with Gasteiger partial charge in [-0.05, 0) is 25.5 Å². The Bertz CT molecular complexity index is 731. The second-order valence-electron chi connectivity index (χ2n) is 5.13. The Labute approximate surface area is 124 Å². The number of thiophene rings is 1. The van der Waals surface area contributed by atoms with Gasteiger partial charge in [0, 0.05) is 17.8 Å². The van der Waals surface area contributed by atoms with Crippen molar-refractivity contribution in [2.24, 2.45) is 5.92 Å². The van der Waals surface area contributed by atoms with Gasteiger partial charge in [-0.15, -0.1) is 11.3 Å². The van der Waals surface area contributed by atoms with Crippen LogP contribution in [0.15, 0.2) is 12.1 Å². The van der Waals surface area contributed by atoms with Crippen molar-refractivity contribution in [2.45, 2.75) is 26.3 Å². The molecule has 0 bridgehead atoms. The first-order chi connectivity index (χ1) is 9.97. The highest BCUT2D eigenvalue weighted by Gasteiger charge is 2.32. The first-order valence-corrected chi connectivity index (χ1v) is 7.41. The van der Waals surface area contributed by atoms with Crippen LogP contribution in [-0.2, 0) is 17.8 Å². The Hall–Kier alpha value is -2.15. The van der Waals surface area contributed by atoms with E-state index >= 15 is 0 Å². The van der Waals surface area contributed by atoms with Gasteiger partial charge in [0.25, 0.3) is 0 Å². The fourth-order valence-electron chi connectivity index (χ4n) is 2.68. The molecule has 1 aliphatic rings. The number of fused-ring (bicyclic) bond motifs is 1. The number of carboxylic acid groups (broad SMARTS) is 2. The predicted molar refractivity (Wildman–Crippen MR) is 76.7 cm³/mol. The van der Waals surface area contributed by atoms with E-state index < -0.39 is 17.9 Å². The number of aryl methyl sites for hydroxylation is 1. The lowest BCUT2D eigenvalue weighted by atomic mass is 9.95. The summed E-state index contributed by atoms with van der Waals surface area (Å²) < 4.78 is 1.86. The van der Waals surface area contributed by atoms with Gasteiger partial charge in [0.15, 0.2) is 11.5 Å². The van der Waals surface area contributed by atoms with Crippen LogP contribution < -0.4 is 0 Å². The number of carboxylic acids is 2. The largest absolute Gasteiger partial charge is 0.481 e. The maximum Gasteiger partial charge on any atom is 0.356 e. The zero-order chi connectivity index (χ0) is 15.1. The van der Waals surface area contributed by atoms with Crippen LogP contribution in [0.5, 0.6) is 0 Å². The van der Waals surface area contributed by atoms with E-state index in [1.807, 2.05) is 23.6 Å². The number of carbonyl (C=O) groups is 2. The molecular formula is C14H14N2O4S. The van der Waals surface area contributed by atoms with Crippen molar-refractivity contribution in [3.05, 3.63) is 28.4 Å². The van der Waals surface area contributed by atoms with Crippen LogP contribution in [0.4, 0.5) is 0 Å². The Balaban J connectivity index is 2.11. The summed E-state index contributed by atoms with van der Waals surface area (Å²) >= 11 is 1.55. The lowest BCUT2D eigenvalue weighted by Crippen LogP contribution is -2.26. The molecule has 1 unspecified atom stereocenters. The third-order valence-corrected chi connectivity index (χ3v) is 4.72. The first-order valence-electron chi connectivity index (χ1n) is 6.59. The van der Waals surface area contributed by atoms with Crippen LogP contribution in [0.25, 0.3) is 10.7 Å². The van der Waals surface area contributed by atoms with Gasteiger partial charge in [-0.25, -0.2) is 9.78 Å². The molecule has 0 fully saturated rings. The van der Waals surface area contributed by atoms with E-state index in [1.165, 1.54) is 0 Å². The second-order valence-corrected chi connectivity index (χ2v) is 6.41. The van der Waals surface area contributed by atoms with Gasteiger partial charge in [0.2, 0.25) is 0 Å². The van der Waals surface area contributed by atoms with E-state index in [1.54, 1.807) is 11.3 Å². The molecule has 1 atom stereocenters. The Morgan fingerprint density at radius 1 is 1.38 bits per heavy atom. The molecule has 6 nitrogen and oxygen atoms in total. The molecule has 0 aliphatic carbocycles. The molecule has 0 spiro atoms. The highest BCUT2D eigenvalue weighted by atomic mass is 32.1. The molecule has 110 valence electrons. The normalized spacial score (nSPS) is 17.5. The van der Waals surface area contributed by atoms with Gasteiger partial charge in [0.1, 0.15) is 0 Å². The number of imidazole rings is 1. The molecule has 1 aliphatic heterocycles. The van der Waals surface area contributed by atoms with Gasteiger partial charge in [-0.2, -0.15) is 0 Å². The van der Waals surface area contributed by atoms with Crippen molar-refractivity contribution < 1.29 is 19.8 Å². The molecule has 2 aromatic heterocycles. The zero-order valence-electron chi connectivity index (χ0n) is 11.4. The number of nitrogens with zero attached hydrogens (tertiary/aromatic N) is 2. The monoisotopic (exact) mass is 306 g/mol. The zero-order valence-corrected chi connectivity index (χ0v) is 12.2. The first kappa shape index (κ1) is 13.8. The third kappa shape index (κ3) is 2.33. The van der Waals surface area contributed by atoms with Crippen molar-refractivity contribution in [3.63, 3.8) is 0 Å². The molecule has 0 saturated carbocycles. The van der Waals surface area contributed by atoms with Crippen LogP contribution in [0, 0.1) is 12.8 Å². The molecular weight excluding hydrogens is 292 g/mol. The quantitative estimate of drug-likeness (QED) is 0.907. The van der Waals surface area contributed by atoms with Crippen molar-refractivity contribution in [3.8, 4) is 10.7 Å². The van der Waals surface area contributed by atoms with Gasteiger partial charge >= 0.3 is 11.9 Å². The lowest BCUT2D eigenvalue weighted by Gasteiger charge is -2.22. The summed E-state index contributed by atoms with van der Waals surface area (Å²) in [7, 11) is 0. The summed E-state index contributed by atoms with van der Waals surface area (Å²) in [5.74, 6) is -1.90. The maximum absolute atomic E-state index is 11.4. The number of hydrogen-bond donors (Lipinski definition) is 2. The number of aliphatic carboxylic acids is 1. The minimum atomic E-state index is -1.11. The third-order valence-electron chi connectivity index (χ3n) is 3.73. The highest BCUT2D eigenvalue weighted by molar-refractivity contribution is 7.15. The second kappa shape index (κ2) is 5.00. The van der Waals surface area contributed by atoms with Gasteiger partial charge in [0.05, 0.1) is 16.5 Å². The summed E-state index contributed by atoms with van der Waals surface area (Å²) in [6, 6.07) is 3.88. The highest BCUT2D eigenvalue weighted by Crippen LogP contribution is 2.33. The molecule has 0 aromatic carbocycles. The fourth-order valence-corrected chi connectivity index (χ4v) is 3.55. The van der Waals surface area contributed by atoms with Crippen LogP contribution in [0.2, 0.25) is 0 Å². The van der Waals surface area contributed by atoms with Gasteiger partial charge in [-0.3, -0.25) is 4.79 Å². The van der Waals surface area contributed by atoms with Crippen LogP contribution >= 0.6 is 11.3 Å². The van der Waals surface area contributed by atoms with Crippen molar-refractivity contribution in [1.29, 1.82) is 0 Å². The van der Waals surface area contributed by atoms with E-state index in [-0.39, 0.29) is 12.1 Å². The van der Waals surface area contributed by atoms with Gasteiger partial charge in [-0.1, -0.05) is 0 Å². The summed E-state index contributed by atoms with van der Waals surface area (Å²) in [5, 5.41) is 18.5. The van der Waals surface area contributed by atoms with E-state index in [2.05, 4.69) is 4.98 Å². The Kier molecular flexibility index (Phi) is 3.29. The Morgan fingerprint density at radius 2 is 2.14 bits per heavy atom.